The van der Waals surface area contributed by atoms with Crippen LogP contribution in [-0.4, -0.2) is 29.0 Å². The molecule has 47 heavy (non-hydrogen) atoms. The predicted molar refractivity (Wildman–Crippen MR) is 159 cm³/mol. The van der Waals surface area contributed by atoms with Crippen LogP contribution in [0.5, 0.6) is 0 Å². The number of rotatable bonds is 4. The van der Waals surface area contributed by atoms with Crippen LogP contribution >= 0.6 is 0 Å². The molecule has 246 valence electrons. The average Bonchev–Trinajstić information content (AvgIpc) is 3.26. The first-order chi connectivity index (χ1) is 22.5. The van der Waals surface area contributed by atoms with E-state index in [4.69, 9.17) is 14.5 Å². The fraction of sp³-hybridized carbons (Fsp3) is 0.595. The number of halogens is 3. The Labute approximate surface area is 270 Å². The van der Waals surface area contributed by atoms with Crippen LogP contribution in [0, 0.1) is 46.8 Å². The number of alkyl halides is 3. The van der Waals surface area contributed by atoms with E-state index >= 15 is 0 Å². The molecule has 12 rings (SSSR count). The van der Waals surface area contributed by atoms with Crippen molar-refractivity contribution < 1.29 is 42.1 Å². The van der Waals surface area contributed by atoms with Gasteiger partial charge in [0, 0.05) is 0 Å². The number of esters is 1. The molecule has 3 unspecified atom stereocenters. The van der Waals surface area contributed by atoms with Crippen LogP contribution in [-0.2, 0) is 32.1 Å². The monoisotopic (exact) mass is 647 g/mol. The van der Waals surface area contributed by atoms with Crippen LogP contribution in [0.25, 0.3) is 0 Å². The van der Waals surface area contributed by atoms with Crippen molar-refractivity contribution in [3.63, 3.8) is 0 Å². The molecule has 0 radical (unpaired) electrons. The summed E-state index contributed by atoms with van der Waals surface area (Å²) in [6.45, 7) is -0.0305. The van der Waals surface area contributed by atoms with Gasteiger partial charge in [-0.25, -0.2) is 14.7 Å². The van der Waals surface area contributed by atoms with Gasteiger partial charge in [0.05, 0.1) is 27.8 Å². The first-order valence-corrected chi connectivity index (χ1v) is 17.2. The third-order valence-electron chi connectivity index (χ3n) is 13.9. The first-order valence-electron chi connectivity index (χ1n) is 17.2. The van der Waals surface area contributed by atoms with Gasteiger partial charge in [-0.2, -0.15) is 13.2 Å². The Balaban J connectivity index is 0.859. The van der Waals surface area contributed by atoms with Gasteiger partial charge in [-0.3, -0.25) is 14.4 Å². The van der Waals surface area contributed by atoms with Crippen LogP contribution < -0.4 is 4.90 Å². The number of nitrogens with zero attached hydrogens (tertiary/aromatic N) is 1. The van der Waals surface area contributed by atoms with E-state index in [0.29, 0.717) is 23.3 Å². The molecule has 0 aromatic heterocycles. The van der Waals surface area contributed by atoms with Crippen molar-refractivity contribution in [1.82, 2.24) is 0 Å². The predicted octanol–water partition coefficient (Wildman–Crippen LogP) is 7.27. The fourth-order valence-corrected chi connectivity index (χ4v) is 12.6. The van der Waals surface area contributed by atoms with E-state index in [1.807, 2.05) is 0 Å². The van der Waals surface area contributed by atoms with Gasteiger partial charge in [-0.05, 0) is 148 Å². The Hall–Kier alpha value is -3.24. The fourth-order valence-electron chi connectivity index (χ4n) is 12.6. The minimum absolute atomic E-state index is 0.0305. The van der Waals surface area contributed by atoms with Crippen molar-refractivity contribution in [3.8, 4) is 0 Å². The zero-order valence-electron chi connectivity index (χ0n) is 25.9. The number of benzene rings is 2. The molecule has 1 saturated heterocycles. The van der Waals surface area contributed by atoms with Gasteiger partial charge in [0.1, 0.15) is 17.8 Å². The van der Waals surface area contributed by atoms with Crippen LogP contribution in [0.1, 0.15) is 96.1 Å². The summed E-state index contributed by atoms with van der Waals surface area (Å²) < 4.78 is 45.1. The third-order valence-corrected chi connectivity index (χ3v) is 13.9. The standard InChI is InChI=1S/C37H36F3NO6/c38-37(39,40)23-2-4-28(5-3-23)41-31(42)29-6-1-19(14-30(29)32(41)43)18-45-33(44)34-15-22-12-26(16-34)36(27(13-22)17-34)35(46-47-36)24-8-20-7-21(10-24)11-25(35)9-20/h1-6,14,20-22,24-27H,7-13,15-18H2/t20?,21?,22?,24?,25?,26-,27+,34?,35?,36?. The van der Waals surface area contributed by atoms with E-state index in [1.54, 1.807) is 12.1 Å². The lowest BCUT2D eigenvalue weighted by Crippen LogP contribution is -2.85. The summed E-state index contributed by atoms with van der Waals surface area (Å²) in [7, 11) is 0. The van der Waals surface area contributed by atoms with E-state index in [-0.39, 0.29) is 52.4 Å². The maximum absolute atomic E-state index is 14.0. The maximum Gasteiger partial charge on any atom is 0.416 e. The number of amides is 2. The summed E-state index contributed by atoms with van der Waals surface area (Å²) in [4.78, 5) is 54.0. The van der Waals surface area contributed by atoms with E-state index in [9.17, 15) is 27.6 Å². The highest BCUT2D eigenvalue weighted by atomic mass is 19.4. The zero-order valence-corrected chi connectivity index (χ0v) is 25.9. The van der Waals surface area contributed by atoms with Crippen molar-refractivity contribution in [2.75, 3.05) is 4.90 Å². The lowest BCUT2D eigenvalue weighted by Gasteiger charge is -2.77. The minimum atomic E-state index is -4.53. The highest BCUT2D eigenvalue weighted by molar-refractivity contribution is 6.34. The summed E-state index contributed by atoms with van der Waals surface area (Å²) in [5.41, 5.74) is -0.919. The van der Waals surface area contributed by atoms with Crippen molar-refractivity contribution in [3.05, 3.63) is 64.7 Å². The highest BCUT2D eigenvalue weighted by Crippen LogP contribution is 2.77. The molecule has 9 fully saturated rings. The normalized spacial score (nSPS) is 42.0. The summed E-state index contributed by atoms with van der Waals surface area (Å²) >= 11 is 0. The summed E-state index contributed by atoms with van der Waals surface area (Å²) in [5, 5.41) is 0. The number of fused-ring (bicyclic) bond motifs is 1. The Morgan fingerprint density at radius 1 is 0.745 bits per heavy atom. The second-order valence-corrected chi connectivity index (χ2v) is 16.1. The molecule has 2 spiro atoms. The van der Waals surface area contributed by atoms with Gasteiger partial charge in [0.2, 0.25) is 0 Å². The molecule has 2 aliphatic heterocycles. The van der Waals surface area contributed by atoms with Gasteiger partial charge >= 0.3 is 12.1 Å². The lowest BCUT2D eigenvalue weighted by molar-refractivity contribution is -0.615. The van der Waals surface area contributed by atoms with Gasteiger partial charge in [0.25, 0.3) is 11.8 Å². The molecule has 7 nitrogen and oxygen atoms in total. The van der Waals surface area contributed by atoms with E-state index in [0.717, 1.165) is 73.1 Å². The molecule has 8 bridgehead atoms. The Kier molecular flexibility index (Phi) is 5.66. The van der Waals surface area contributed by atoms with E-state index in [1.165, 1.54) is 38.2 Å². The van der Waals surface area contributed by atoms with Gasteiger partial charge < -0.3 is 4.74 Å². The second kappa shape index (κ2) is 9.26. The van der Waals surface area contributed by atoms with Crippen LogP contribution in [0.4, 0.5) is 18.9 Å². The summed E-state index contributed by atoms with van der Waals surface area (Å²) in [5.74, 6) is 2.44. The molecule has 10 aliphatic rings. The van der Waals surface area contributed by atoms with E-state index in [2.05, 4.69) is 0 Å². The minimum Gasteiger partial charge on any atom is -0.460 e. The number of imide groups is 1. The van der Waals surface area contributed by atoms with Crippen LogP contribution in [0.3, 0.4) is 0 Å². The number of hydrogen-bond acceptors (Lipinski definition) is 6. The smallest absolute Gasteiger partial charge is 0.416 e. The molecule has 5 atom stereocenters. The molecular formula is C37H36F3NO6. The largest absolute Gasteiger partial charge is 0.460 e. The molecular weight excluding hydrogens is 611 g/mol. The molecule has 0 N–H and O–H groups in total. The molecule has 2 aromatic rings. The Morgan fingerprint density at radius 2 is 1.32 bits per heavy atom. The second-order valence-electron chi connectivity index (χ2n) is 16.1. The number of carbonyl (C=O) groups is 3. The molecule has 2 amide bonds. The molecule has 2 heterocycles. The Morgan fingerprint density at radius 3 is 1.91 bits per heavy atom. The first kappa shape index (κ1) is 28.7. The number of anilines is 1. The highest BCUT2D eigenvalue weighted by Gasteiger charge is 2.82. The third kappa shape index (κ3) is 3.64. The summed E-state index contributed by atoms with van der Waals surface area (Å²) in [6.07, 6.45) is 6.39. The average molecular weight is 648 g/mol. The van der Waals surface area contributed by atoms with Crippen LogP contribution in [0.15, 0.2) is 42.5 Å². The quantitative estimate of drug-likeness (QED) is 0.197. The van der Waals surface area contributed by atoms with Gasteiger partial charge in [-0.1, -0.05) is 6.07 Å². The van der Waals surface area contributed by atoms with Gasteiger partial charge in [0.15, 0.2) is 0 Å². The maximum atomic E-state index is 14.0. The molecule has 8 aliphatic carbocycles. The van der Waals surface area contributed by atoms with Crippen molar-refractivity contribution in [2.45, 2.75) is 88.2 Å². The van der Waals surface area contributed by atoms with Gasteiger partial charge in [-0.15, -0.1) is 0 Å². The lowest BCUT2D eigenvalue weighted by atomic mass is 9.35. The SMILES string of the molecule is O=C1c2ccc(COC(=O)C34CC5C[C@H](C3)C3(OOC36C3CC7CC(C3)CC6C7)[C@@H](C5)C4)cc2C(=O)N1c1ccc(C(F)(F)F)cc1. The molecule has 10 heteroatoms. The topological polar surface area (TPSA) is 82.1 Å². The zero-order chi connectivity index (χ0) is 32.1. The number of ether oxygens (including phenoxy) is 1. The molecule has 2 aromatic carbocycles. The van der Waals surface area contributed by atoms with Crippen LogP contribution in [0.2, 0.25) is 0 Å². The van der Waals surface area contributed by atoms with E-state index < -0.39 is 29.0 Å². The molecule has 8 saturated carbocycles. The Bertz CT molecular complexity index is 1690. The number of hydrogen-bond donors (Lipinski definition) is 0. The number of carbonyl (C=O) groups excluding carboxylic acids is 3. The van der Waals surface area contributed by atoms with Crippen molar-refractivity contribution >= 4 is 23.5 Å². The summed E-state index contributed by atoms with van der Waals surface area (Å²) in [6, 6.07) is 8.68. The van der Waals surface area contributed by atoms with Crippen molar-refractivity contribution in [2.24, 2.45) is 46.8 Å². The van der Waals surface area contributed by atoms with Crippen molar-refractivity contribution in [1.29, 1.82) is 0 Å².